The van der Waals surface area contributed by atoms with Crippen LogP contribution in [0.4, 0.5) is 5.69 Å². The standard InChI is InChI=1S/C11H7Cl2N3O4/c1-19-9-10(13)14-5-15-11(9)20-8-4-6(12)2-3-7(8)16(17)18/h2-5H,1H3. The van der Waals surface area contributed by atoms with Crippen molar-refractivity contribution in [3.63, 3.8) is 0 Å². The van der Waals surface area contributed by atoms with Gasteiger partial charge in [0.2, 0.25) is 11.5 Å². The van der Waals surface area contributed by atoms with E-state index in [4.69, 9.17) is 32.7 Å². The molecule has 0 aliphatic carbocycles. The summed E-state index contributed by atoms with van der Waals surface area (Å²) in [5.74, 6) is -0.0446. The minimum atomic E-state index is -0.596. The number of hydrogen-bond donors (Lipinski definition) is 0. The Balaban J connectivity index is 2.47. The fourth-order valence-corrected chi connectivity index (χ4v) is 1.77. The molecular formula is C11H7Cl2N3O4. The van der Waals surface area contributed by atoms with Gasteiger partial charge in [-0.3, -0.25) is 10.1 Å². The molecule has 2 aromatic rings. The SMILES string of the molecule is COc1c(Cl)ncnc1Oc1cc(Cl)ccc1[N+](=O)[O-]. The Morgan fingerprint density at radius 2 is 2.05 bits per heavy atom. The van der Waals surface area contributed by atoms with Crippen LogP contribution in [0.2, 0.25) is 10.2 Å². The molecule has 0 fully saturated rings. The third-order valence-corrected chi connectivity index (χ3v) is 2.76. The summed E-state index contributed by atoms with van der Waals surface area (Å²) in [6.45, 7) is 0. The first-order valence-electron chi connectivity index (χ1n) is 5.19. The normalized spacial score (nSPS) is 10.2. The van der Waals surface area contributed by atoms with E-state index >= 15 is 0 Å². The maximum absolute atomic E-state index is 10.9. The van der Waals surface area contributed by atoms with Gasteiger partial charge in [0.25, 0.3) is 5.88 Å². The minimum absolute atomic E-state index is 0.0298. The van der Waals surface area contributed by atoms with Crippen molar-refractivity contribution in [2.24, 2.45) is 0 Å². The molecular weight excluding hydrogens is 309 g/mol. The molecule has 0 amide bonds. The molecule has 1 heterocycles. The van der Waals surface area contributed by atoms with Gasteiger partial charge < -0.3 is 9.47 Å². The third kappa shape index (κ3) is 2.89. The Labute approximate surface area is 123 Å². The fraction of sp³-hybridized carbons (Fsp3) is 0.0909. The van der Waals surface area contributed by atoms with Crippen LogP contribution in [0.5, 0.6) is 17.4 Å². The summed E-state index contributed by atoms with van der Waals surface area (Å²) in [7, 11) is 1.35. The zero-order chi connectivity index (χ0) is 14.7. The highest BCUT2D eigenvalue weighted by Gasteiger charge is 2.20. The van der Waals surface area contributed by atoms with Crippen molar-refractivity contribution in [3.05, 3.63) is 44.8 Å². The Hall–Kier alpha value is -2.12. The van der Waals surface area contributed by atoms with E-state index in [1.807, 2.05) is 0 Å². The summed E-state index contributed by atoms with van der Waals surface area (Å²) >= 11 is 11.6. The molecule has 0 aliphatic heterocycles. The van der Waals surface area contributed by atoms with Crippen molar-refractivity contribution in [1.29, 1.82) is 0 Å². The lowest BCUT2D eigenvalue weighted by atomic mass is 10.3. The van der Waals surface area contributed by atoms with E-state index in [1.165, 1.54) is 25.3 Å². The van der Waals surface area contributed by atoms with Gasteiger partial charge in [0.15, 0.2) is 5.15 Å². The van der Waals surface area contributed by atoms with Gasteiger partial charge in [-0.05, 0) is 6.07 Å². The smallest absolute Gasteiger partial charge is 0.311 e. The second-order valence-electron chi connectivity index (χ2n) is 3.47. The lowest BCUT2D eigenvalue weighted by molar-refractivity contribution is -0.385. The molecule has 1 aromatic heterocycles. The molecule has 0 saturated heterocycles. The predicted octanol–water partition coefficient (Wildman–Crippen LogP) is 3.49. The minimum Gasteiger partial charge on any atom is -0.489 e. The van der Waals surface area contributed by atoms with Gasteiger partial charge in [0, 0.05) is 17.2 Å². The van der Waals surface area contributed by atoms with E-state index in [-0.39, 0.29) is 33.2 Å². The van der Waals surface area contributed by atoms with Crippen LogP contribution in [0.15, 0.2) is 24.5 Å². The van der Waals surface area contributed by atoms with E-state index in [9.17, 15) is 10.1 Å². The average Bonchev–Trinajstić information content (AvgIpc) is 2.38. The van der Waals surface area contributed by atoms with Gasteiger partial charge in [-0.15, -0.1) is 0 Å². The highest BCUT2D eigenvalue weighted by molar-refractivity contribution is 6.31. The Morgan fingerprint density at radius 1 is 1.30 bits per heavy atom. The van der Waals surface area contributed by atoms with Crippen molar-refractivity contribution in [2.45, 2.75) is 0 Å². The second-order valence-corrected chi connectivity index (χ2v) is 4.27. The summed E-state index contributed by atoms with van der Waals surface area (Å²) < 4.78 is 10.4. The number of halogens is 2. The number of nitro benzene ring substituents is 1. The number of rotatable bonds is 4. The highest BCUT2D eigenvalue weighted by Crippen LogP contribution is 2.38. The number of benzene rings is 1. The van der Waals surface area contributed by atoms with Crippen LogP contribution in [0.3, 0.4) is 0 Å². The number of hydrogen-bond acceptors (Lipinski definition) is 6. The van der Waals surface area contributed by atoms with Gasteiger partial charge in [0.05, 0.1) is 12.0 Å². The summed E-state index contributed by atoms with van der Waals surface area (Å²) in [4.78, 5) is 17.9. The van der Waals surface area contributed by atoms with Crippen LogP contribution in [0.1, 0.15) is 0 Å². The predicted molar refractivity (Wildman–Crippen MR) is 71.8 cm³/mol. The Bertz CT molecular complexity index is 666. The van der Waals surface area contributed by atoms with Crippen molar-refractivity contribution >= 4 is 28.9 Å². The van der Waals surface area contributed by atoms with Crippen LogP contribution in [-0.4, -0.2) is 22.0 Å². The molecule has 2 rings (SSSR count). The first kappa shape index (κ1) is 14.3. The average molecular weight is 316 g/mol. The van der Waals surface area contributed by atoms with Crippen LogP contribution in [0, 0.1) is 10.1 Å². The van der Waals surface area contributed by atoms with Gasteiger partial charge in [-0.1, -0.05) is 23.2 Å². The molecule has 0 radical (unpaired) electrons. The summed E-state index contributed by atoms with van der Waals surface area (Å²) in [6.07, 6.45) is 1.15. The fourth-order valence-electron chi connectivity index (χ4n) is 1.41. The highest BCUT2D eigenvalue weighted by atomic mass is 35.5. The Kier molecular flexibility index (Phi) is 4.21. The van der Waals surface area contributed by atoms with E-state index in [2.05, 4.69) is 9.97 Å². The van der Waals surface area contributed by atoms with Crippen molar-refractivity contribution in [1.82, 2.24) is 9.97 Å². The molecule has 0 unspecified atom stereocenters. The molecule has 0 bridgehead atoms. The van der Waals surface area contributed by atoms with Crippen molar-refractivity contribution in [3.8, 4) is 17.4 Å². The quantitative estimate of drug-likeness (QED) is 0.487. The lowest BCUT2D eigenvalue weighted by Crippen LogP contribution is -1.98. The van der Waals surface area contributed by atoms with E-state index in [1.54, 1.807) is 0 Å². The largest absolute Gasteiger partial charge is 0.489 e. The number of methoxy groups -OCH3 is 1. The van der Waals surface area contributed by atoms with Crippen molar-refractivity contribution in [2.75, 3.05) is 7.11 Å². The van der Waals surface area contributed by atoms with Gasteiger partial charge in [0.1, 0.15) is 6.33 Å². The van der Waals surface area contributed by atoms with E-state index < -0.39 is 4.92 Å². The first-order chi connectivity index (χ1) is 9.52. The van der Waals surface area contributed by atoms with E-state index in [0.717, 1.165) is 6.33 Å². The summed E-state index contributed by atoms with van der Waals surface area (Å²) in [5, 5.41) is 11.2. The monoisotopic (exact) mass is 315 g/mol. The summed E-state index contributed by atoms with van der Waals surface area (Å²) in [6, 6.07) is 3.92. The third-order valence-electron chi connectivity index (χ3n) is 2.26. The van der Waals surface area contributed by atoms with E-state index in [0.29, 0.717) is 0 Å². The molecule has 9 heteroatoms. The lowest BCUT2D eigenvalue weighted by Gasteiger charge is -2.09. The molecule has 7 nitrogen and oxygen atoms in total. The molecule has 0 spiro atoms. The second kappa shape index (κ2) is 5.89. The number of nitrogens with zero attached hydrogens (tertiary/aromatic N) is 3. The van der Waals surface area contributed by atoms with Crippen molar-refractivity contribution < 1.29 is 14.4 Å². The maximum Gasteiger partial charge on any atom is 0.311 e. The van der Waals surface area contributed by atoms with Crippen LogP contribution < -0.4 is 9.47 Å². The molecule has 1 aromatic carbocycles. The number of aromatic nitrogens is 2. The first-order valence-corrected chi connectivity index (χ1v) is 5.94. The van der Waals surface area contributed by atoms with Crippen LogP contribution in [-0.2, 0) is 0 Å². The zero-order valence-corrected chi connectivity index (χ0v) is 11.6. The molecule has 0 N–H and O–H groups in total. The molecule has 104 valence electrons. The number of ether oxygens (including phenoxy) is 2. The van der Waals surface area contributed by atoms with Crippen LogP contribution in [0.25, 0.3) is 0 Å². The topological polar surface area (TPSA) is 87.4 Å². The van der Waals surface area contributed by atoms with Gasteiger partial charge in [-0.2, -0.15) is 4.98 Å². The molecule has 0 atom stereocenters. The number of nitro groups is 1. The van der Waals surface area contributed by atoms with Gasteiger partial charge in [-0.25, -0.2) is 4.98 Å². The maximum atomic E-state index is 10.9. The molecule has 0 saturated carbocycles. The van der Waals surface area contributed by atoms with Crippen LogP contribution >= 0.6 is 23.2 Å². The zero-order valence-electron chi connectivity index (χ0n) is 10.0. The molecule has 20 heavy (non-hydrogen) atoms. The summed E-state index contributed by atoms with van der Waals surface area (Å²) in [5.41, 5.74) is -0.258. The molecule has 0 aliphatic rings. The Morgan fingerprint density at radius 3 is 2.70 bits per heavy atom. The van der Waals surface area contributed by atoms with Gasteiger partial charge >= 0.3 is 5.69 Å².